The zero-order valence-corrected chi connectivity index (χ0v) is 78.2. The summed E-state index contributed by atoms with van der Waals surface area (Å²) in [6.07, 6.45) is 0. The van der Waals surface area contributed by atoms with E-state index in [-0.39, 0.29) is 61.0 Å². The Balaban J connectivity index is 0.000000164. The van der Waals surface area contributed by atoms with Gasteiger partial charge in [-0.05, 0) is 169 Å². The third-order valence-electron chi connectivity index (χ3n) is 21.5. The van der Waals surface area contributed by atoms with Gasteiger partial charge in [0.25, 0.3) is 0 Å². The van der Waals surface area contributed by atoms with Gasteiger partial charge in [-0.15, -0.1) is 34.0 Å². The lowest BCUT2D eigenvalue weighted by atomic mass is 9.94. The summed E-state index contributed by atoms with van der Waals surface area (Å²) in [5, 5.41) is -2.24. The summed E-state index contributed by atoms with van der Waals surface area (Å²) >= 11 is 1.60. The second-order valence-corrected chi connectivity index (χ2v) is 34.0. The molecule has 708 valence electrons. The Morgan fingerprint density at radius 2 is 0.360 bits per heavy atom. The SMILES string of the molecule is [2H]c1c([2H])c([2H])c(-c2nc(-c3c([2H])c([2H])c(C)c([2H])c3[2H])nc(-c3c([2H])c([2H])c([2H])c4c3sc3c(-c5c([2H])c([2H])c([2H])c(-c6c([2H])c([2H])c(-c7c([2H])c([2H])c([2H])c([2H])c7[2H])c([2H])c6[2H])c5[2H])c([2H])c([2H])c([2H])c34)n2)c([2H])c1[2H].[2H]c1c([2H])c([2H])c(-c2nc(-c3c([2H])c([2H])c([2H])c(C)c3[2H])nc(-c3c([2H])c([2H])c([2H])c(-c4c([2H])c([2H])c([2H])c5c4sc4c(-c6c([2H])c([2H])c(-c7c([2H])c([2H])c([2H])c([2H])c7[2H])c([2H])c6[2H])c([2H])c([2H])c([2H])c45)c3[2H])n2)c([2H])c1[2H].[2H]c1c([2H])c([2H])c(-c2nc(-c3c([2H])c([2H])c([2H])c([2H])c3[2H])nc(-c3c([2H])c(-c4c([2H])c([2H])c(-c5c([2H])c([2H])c(C)c([2H])c5[2H])c([2H])c4[2H])c([2H])c(-c4c([2H])c([2H])c([2H])c5c4sc4c([2H])c([2H])c([2H])c([2H])c45)c3[2H])n2)c([2H])c1[2H]. The smallest absolute Gasteiger partial charge is 0.165 e. The minimum absolute atomic E-state index is 0.0787. The summed E-state index contributed by atoms with van der Waals surface area (Å²) in [6, 6.07) is -72.1. The molecule has 0 saturated heterocycles. The van der Waals surface area contributed by atoms with Crippen molar-refractivity contribution in [1.82, 2.24) is 44.9 Å². The van der Waals surface area contributed by atoms with Crippen molar-refractivity contribution in [2.24, 2.45) is 0 Å². The molecule has 6 aromatic heterocycles. The molecular formula is C138H93N9S3. The molecule has 21 aromatic carbocycles. The van der Waals surface area contributed by atoms with Crippen LogP contribution in [0.15, 0.2) is 508 Å². The first-order valence-electron chi connectivity index (χ1n) is 85.5. The number of nitrogens with zero attached hydrogens (tertiary/aromatic N) is 9. The van der Waals surface area contributed by atoms with Gasteiger partial charge in [-0.25, -0.2) is 44.9 Å². The standard InChI is InChI=1S/3C46H31N3S/c1-30-12-8-18-36(28-30)45-47-44(34-15-6-3-7-16-34)48-46(49-45)37-19-9-17-35(29-37)39-21-11-23-41-40-22-10-20-38(42(40)50-43(39)41)33-26-24-32(25-27-33)31-13-4-2-5-14-31;1-30-21-23-35(24-22-30)45-47-44(34-13-6-3-7-14-34)48-46(49-45)41-20-10-19-40-39-18-9-17-38(42(39)50-43(40)41)37-16-8-15-36(29-37)33-27-25-32(26-28-33)31-11-4-2-5-12-31;1-30-19-21-31(22-20-30)32-23-25-33(26-24-32)36-27-37(39-16-10-17-41-40-15-8-9-18-42(40)50-43(39)41)29-38(28-36)46-48-44(34-11-4-2-5-12-34)47-45(49-46)35-13-6-3-7-14-35/h3*2-29H,1H3/i3*2D,3D,4D,5D,6D,7D,8D,9D,10D,11D,12D,13D,14D,15D,16D,17D,18D,19D,20D,21D,22D,23D,24D,25D,26D,27D,28D,29D. The maximum Gasteiger partial charge on any atom is 0.165 e. The fourth-order valence-corrected chi connectivity index (χ4v) is 18.2. The largest absolute Gasteiger partial charge is 0.208 e. The lowest BCUT2D eigenvalue weighted by molar-refractivity contribution is 1.07. The molecular weight excluding hydrogens is 1880 g/mol. The van der Waals surface area contributed by atoms with Crippen LogP contribution in [0, 0.1) is 20.8 Å². The maximum atomic E-state index is 9.98. The fraction of sp³-hybridized carbons (Fsp3) is 0.0217. The van der Waals surface area contributed by atoms with Crippen molar-refractivity contribution in [3.63, 3.8) is 0 Å². The van der Waals surface area contributed by atoms with Crippen LogP contribution in [-0.4, -0.2) is 44.9 Å². The first kappa shape index (κ1) is 38.9. The Morgan fingerprint density at radius 1 is 0.133 bits per heavy atom. The maximum absolute atomic E-state index is 9.98. The van der Waals surface area contributed by atoms with Gasteiger partial charge < -0.3 is 0 Å². The Hall–Kier alpha value is -18.7. The zero-order valence-electron chi connectivity index (χ0n) is 160. The van der Waals surface area contributed by atoms with Crippen molar-refractivity contribution in [3.8, 4) is 203 Å². The summed E-state index contributed by atoms with van der Waals surface area (Å²) in [7, 11) is 0. The molecule has 150 heavy (non-hydrogen) atoms. The van der Waals surface area contributed by atoms with Crippen molar-refractivity contribution in [1.29, 1.82) is 0 Å². The van der Waals surface area contributed by atoms with E-state index < -0.39 is 726 Å². The van der Waals surface area contributed by atoms with E-state index in [4.69, 9.17) is 89.1 Å². The molecule has 0 amide bonds. The van der Waals surface area contributed by atoms with Crippen molar-refractivity contribution in [2.45, 2.75) is 20.8 Å². The van der Waals surface area contributed by atoms with Crippen LogP contribution < -0.4 is 0 Å². The van der Waals surface area contributed by atoms with Crippen LogP contribution >= 0.6 is 34.0 Å². The van der Waals surface area contributed by atoms with E-state index in [2.05, 4.69) is 44.9 Å². The lowest BCUT2D eigenvalue weighted by Crippen LogP contribution is -2.00. The van der Waals surface area contributed by atoms with Crippen molar-refractivity contribution in [3.05, 3.63) is 524 Å². The molecule has 0 atom stereocenters. The highest BCUT2D eigenvalue weighted by Crippen LogP contribution is 2.49. The lowest BCUT2D eigenvalue weighted by Gasteiger charge is -2.13. The number of thiophene rings is 3. The van der Waals surface area contributed by atoms with Gasteiger partial charge in [0.05, 0.1) is 115 Å². The van der Waals surface area contributed by atoms with E-state index in [1.807, 2.05) is 0 Å². The second-order valence-electron chi connectivity index (χ2n) is 30.9. The van der Waals surface area contributed by atoms with Crippen LogP contribution in [0.4, 0.5) is 0 Å². The first-order chi connectivity index (χ1) is 109. The van der Waals surface area contributed by atoms with Gasteiger partial charge in [-0.3, -0.25) is 0 Å². The van der Waals surface area contributed by atoms with Crippen LogP contribution in [-0.2, 0) is 0 Å². The summed E-state index contributed by atoms with van der Waals surface area (Å²) in [6.45, 7) is 3.90. The molecule has 27 aromatic rings. The highest BCUT2D eigenvalue weighted by molar-refractivity contribution is 7.27. The summed E-state index contributed by atoms with van der Waals surface area (Å²) < 4.78 is 740. The molecule has 0 aliphatic heterocycles. The van der Waals surface area contributed by atoms with E-state index in [9.17, 15) is 26.0 Å². The molecule has 0 spiro atoms. The molecule has 0 unspecified atom stereocenters. The minimum Gasteiger partial charge on any atom is -0.208 e. The summed E-state index contributed by atoms with van der Waals surface area (Å²) in [5.74, 6) is -7.09. The Labute approximate surface area is 1000 Å². The second kappa shape index (κ2) is 41.1. The normalized spacial score (nSPS) is 19.1. The molecule has 0 aliphatic carbocycles. The van der Waals surface area contributed by atoms with Crippen molar-refractivity contribution < 1.29 is 115 Å². The quantitative estimate of drug-likeness (QED) is 0.0828. The van der Waals surface area contributed by atoms with Crippen LogP contribution in [0.5, 0.6) is 0 Å². The Morgan fingerprint density at radius 3 is 0.787 bits per heavy atom. The van der Waals surface area contributed by atoms with E-state index in [0.717, 1.165) is 0 Å². The van der Waals surface area contributed by atoms with Crippen molar-refractivity contribution in [2.75, 3.05) is 0 Å². The average molecular weight is 2060 g/mol. The summed E-state index contributed by atoms with van der Waals surface area (Å²) in [4.78, 5) is 39.0. The number of fused-ring (bicyclic) bond motifs is 9. The van der Waals surface area contributed by atoms with Crippen molar-refractivity contribution >= 4 is 94.5 Å². The van der Waals surface area contributed by atoms with Gasteiger partial charge >= 0.3 is 0 Å². The zero-order chi connectivity index (χ0) is 173. The molecule has 12 heteroatoms. The predicted molar refractivity (Wildman–Crippen MR) is 630 cm³/mol. The fourth-order valence-electron chi connectivity index (χ4n) is 14.6. The summed E-state index contributed by atoms with van der Waals surface area (Å²) in [5.41, 5.74) is -19.6. The van der Waals surface area contributed by atoms with E-state index in [1.54, 1.807) is 0 Å². The van der Waals surface area contributed by atoms with Gasteiger partial charge in [0, 0.05) is 111 Å². The minimum atomic E-state index is -1.12. The molecule has 27 rings (SSSR count). The topological polar surface area (TPSA) is 116 Å². The number of hydrogen-bond acceptors (Lipinski definition) is 12. The molecule has 0 radical (unpaired) electrons. The van der Waals surface area contributed by atoms with Crippen LogP contribution in [0.3, 0.4) is 0 Å². The highest BCUT2D eigenvalue weighted by atomic mass is 32.1. The number of benzene rings is 21. The third kappa shape index (κ3) is 19.0. The number of aromatic nitrogens is 9. The van der Waals surface area contributed by atoms with Gasteiger partial charge in [0.1, 0.15) is 0 Å². The van der Waals surface area contributed by atoms with E-state index >= 15 is 0 Å². The molecule has 0 fully saturated rings. The van der Waals surface area contributed by atoms with Crippen LogP contribution in [0.2, 0.25) is 0 Å². The monoisotopic (exact) mass is 2060 g/mol. The van der Waals surface area contributed by atoms with Crippen LogP contribution in [0.25, 0.3) is 263 Å². The highest BCUT2D eigenvalue weighted by Gasteiger charge is 2.24. The van der Waals surface area contributed by atoms with Crippen LogP contribution in [0.1, 0.15) is 132 Å². The van der Waals surface area contributed by atoms with E-state index in [1.165, 1.54) is 20.8 Å². The molecule has 0 bridgehead atoms. The van der Waals surface area contributed by atoms with Gasteiger partial charge in [0.2, 0.25) is 0 Å². The molecule has 6 heterocycles. The number of hydrogen-bond donors (Lipinski definition) is 0. The molecule has 0 saturated carbocycles. The molecule has 0 aliphatic rings. The number of rotatable bonds is 18. The third-order valence-corrected chi connectivity index (χ3v) is 25.0. The van der Waals surface area contributed by atoms with Gasteiger partial charge in [-0.1, -0.05) is 476 Å². The van der Waals surface area contributed by atoms with E-state index in [0.29, 0.717) is 34.0 Å². The Bertz CT molecular complexity index is 14800. The predicted octanol–water partition coefficient (Wildman–Crippen LogP) is 37.6. The molecule has 0 N–H and O–H groups in total. The molecule has 9 nitrogen and oxygen atoms in total. The first-order valence-corrected chi connectivity index (χ1v) is 45.9. The average Bonchev–Trinajstić information content (AvgIpc) is 1.55. The van der Waals surface area contributed by atoms with Gasteiger partial charge in [-0.2, -0.15) is 0 Å². The van der Waals surface area contributed by atoms with Gasteiger partial charge in [0.15, 0.2) is 52.4 Å². The Kier molecular flexibility index (Phi) is 10.7.